The van der Waals surface area contributed by atoms with Crippen LogP contribution in [0.25, 0.3) is 0 Å². The van der Waals surface area contributed by atoms with Crippen LogP contribution in [0.2, 0.25) is 5.02 Å². The van der Waals surface area contributed by atoms with E-state index < -0.39 is 0 Å². The van der Waals surface area contributed by atoms with Crippen LogP contribution in [0.3, 0.4) is 0 Å². The van der Waals surface area contributed by atoms with Gasteiger partial charge in [-0.05, 0) is 29.9 Å². The summed E-state index contributed by atoms with van der Waals surface area (Å²) in [5.74, 6) is 0.462. The molecule has 0 aliphatic rings. The number of rotatable bonds is 2. The number of hydrogen-bond donors (Lipinski definition) is 1. The van der Waals surface area contributed by atoms with E-state index in [1.807, 2.05) is 12.3 Å². The Hall–Kier alpha value is -0.340. The summed E-state index contributed by atoms with van der Waals surface area (Å²) < 4.78 is 0. The Labute approximate surface area is 88.7 Å². The number of benzene rings is 1. The standard InChI is InChI=1S/C10H14ClNS/c1-6(2)8-4-7(12)5-9(11)10(8)13-3/h4-6H,12H2,1-3H3. The molecule has 13 heavy (non-hydrogen) atoms. The van der Waals surface area contributed by atoms with Crippen molar-refractivity contribution in [3.8, 4) is 0 Å². The van der Waals surface area contributed by atoms with Gasteiger partial charge < -0.3 is 5.73 Å². The largest absolute Gasteiger partial charge is 0.399 e. The third-order valence-corrected chi connectivity index (χ3v) is 3.19. The van der Waals surface area contributed by atoms with Gasteiger partial charge in [0, 0.05) is 10.6 Å². The van der Waals surface area contributed by atoms with Crippen LogP contribution < -0.4 is 5.73 Å². The molecule has 0 heterocycles. The lowest BCUT2D eigenvalue weighted by atomic mass is 10.0. The normalized spacial score (nSPS) is 10.8. The van der Waals surface area contributed by atoms with Crippen molar-refractivity contribution in [1.29, 1.82) is 0 Å². The molecule has 0 saturated carbocycles. The molecule has 0 bridgehead atoms. The SMILES string of the molecule is CSc1c(Cl)cc(N)cc1C(C)C. The predicted octanol–water partition coefficient (Wildman–Crippen LogP) is 3.77. The maximum atomic E-state index is 6.08. The molecule has 0 atom stereocenters. The van der Waals surface area contributed by atoms with Crippen LogP contribution in [0, 0.1) is 0 Å². The maximum Gasteiger partial charge on any atom is 0.0565 e. The van der Waals surface area contributed by atoms with Gasteiger partial charge in [0.25, 0.3) is 0 Å². The van der Waals surface area contributed by atoms with E-state index in [-0.39, 0.29) is 0 Å². The molecular formula is C10H14ClNS. The van der Waals surface area contributed by atoms with Crippen molar-refractivity contribution in [3.05, 3.63) is 22.7 Å². The van der Waals surface area contributed by atoms with Crippen molar-refractivity contribution in [2.75, 3.05) is 12.0 Å². The first kappa shape index (κ1) is 10.7. The Morgan fingerprint density at radius 2 is 2.00 bits per heavy atom. The van der Waals surface area contributed by atoms with Gasteiger partial charge in [-0.1, -0.05) is 25.4 Å². The third-order valence-electron chi connectivity index (χ3n) is 1.92. The Morgan fingerprint density at radius 3 is 2.46 bits per heavy atom. The Kier molecular flexibility index (Phi) is 3.51. The summed E-state index contributed by atoms with van der Waals surface area (Å²) in [6, 6.07) is 3.81. The van der Waals surface area contributed by atoms with E-state index >= 15 is 0 Å². The molecule has 0 unspecified atom stereocenters. The van der Waals surface area contributed by atoms with Crippen LogP contribution in [0.4, 0.5) is 5.69 Å². The van der Waals surface area contributed by atoms with Crippen LogP contribution >= 0.6 is 23.4 Å². The third kappa shape index (κ3) is 2.32. The van der Waals surface area contributed by atoms with Crippen molar-refractivity contribution < 1.29 is 0 Å². The maximum absolute atomic E-state index is 6.08. The molecule has 0 amide bonds. The summed E-state index contributed by atoms with van der Waals surface area (Å²) in [7, 11) is 0. The topological polar surface area (TPSA) is 26.0 Å². The van der Waals surface area contributed by atoms with Gasteiger partial charge in [0.15, 0.2) is 0 Å². The number of thioether (sulfide) groups is 1. The molecule has 1 aromatic carbocycles. The van der Waals surface area contributed by atoms with Gasteiger partial charge in [-0.2, -0.15) is 0 Å². The fourth-order valence-corrected chi connectivity index (χ4v) is 2.53. The number of nitrogen functional groups attached to an aromatic ring is 1. The van der Waals surface area contributed by atoms with E-state index in [2.05, 4.69) is 13.8 Å². The molecule has 2 N–H and O–H groups in total. The molecule has 0 saturated heterocycles. The molecule has 0 radical (unpaired) electrons. The minimum absolute atomic E-state index is 0.462. The zero-order chi connectivity index (χ0) is 10.0. The van der Waals surface area contributed by atoms with E-state index in [0.29, 0.717) is 5.92 Å². The van der Waals surface area contributed by atoms with Gasteiger partial charge in [0.05, 0.1) is 5.02 Å². The molecule has 0 spiro atoms. The first-order chi connectivity index (χ1) is 6.06. The molecule has 0 fully saturated rings. The molecule has 0 aliphatic heterocycles. The van der Waals surface area contributed by atoms with Gasteiger partial charge >= 0.3 is 0 Å². The first-order valence-electron chi connectivity index (χ1n) is 4.19. The monoisotopic (exact) mass is 215 g/mol. The second kappa shape index (κ2) is 4.25. The van der Waals surface area contributed by atoms with E-state index in [0.717, 1.165) is 15.6 Å². The molecule has 1 rings (SSSR count). The molecule has 0 aromatic heterocycles. The zero-order valence-electron chi connectivity index (χ0n) is 8.10. The van der Waals surface area contributed by atoms with Crippen LogP contribution in [0.1, 0.15) is 25.3 Å². The molecule has 1 aromatic rings. The van der Waals surface area contributed by atoms with E-state index in [9.17, 15) is 0 Å². The van der Waals surface area contributed by atoms with E-state index in [1.54, 1.807) is 17.8 Å². The highest BCUT2D eigenvalue weighted by Gasteiger charge is 2.10. The Balaban J connectivity index is 3.29. The second-order valence-corrected chi connectivity index (χ2v) is 4.50. The number of hydrogen-bond acceptors (Lipinski definition) is 2. The highest BCUT2D eigenvalue weighted by atomic mass is 35.5. The molecule has 72 valence electrons. The van der Waals surface area contributed by atoms with Crippen molar-refractivity contribution >= 4 is 29.1 Å². The van der Waals surface area contributed by atoms with Crippen molar-refractivity contribution in [2.24, 2.45) is 0 Å². The minimum atomic E-state index is 0.462. The molecule has 1 nitrogen and oxygen atoms in total. The summed E-state index contributed by atoms with van der Waals surface area (Å²) in [4.78, 5) is 1.14. The number of halogens is 1. The first-order valence-corrected chi connectivity index (χ1v) is 5.79. The van der Waals surface area contributed by atoms with Crippen LogP contribution in [0.15, 0.2) is 17.0 Å². The van der Waals surface area contributed by atoms with E-state index in [1.165, 1.54) is 5.56 Å². The Bertz CT molecular complexity index is 310. The number of anilines is 1. The lowest BCUT2D eigenvalue weighted by Crippen LogP contribution is -1.95. The van der Waals surface area contributed by atoms with Gasteiger partial charge in [-0.25, -0.2) is 0 Å². The molecule has 0 aliphatic carbocycles. The van der Waals surface area contributed by atoms with E-state index in [4.69, 9.17) is 17.3 Å². The van der Waals surface area contributed by atoms with Crippen LogP contribution in [-0.4, -0.2) is 6.26 Å². The lowest BCUT2D eigenvalue weighted by molar-refractivity contribution is 0.843. The fourth-order valence-electron chi connectivity index (χ4n) is 1.28. The molecular weight excluding hydrogens is 202 g/mol. The fraction of sp³-hybridized carbons (Fsp3) is 0.400. The van der Waals surface area contributed by atoms with Gasteiger partial charge in [0.1, 0.15) is 0 Å². The number of nitrogens with two attached hydrogens (primary N) is 1. The second-order valence-electron chi connectivity index (χ2n) is 3.28. The van der Waals surface area contributed by atoms with Gasteiger partial charge in [-0.3, -0.25) is 0 Å². The summed E-state index contributed by atoms with van der Waals surface area (Å²) >= 11 is 7.75. The highest BCUT2D eigenvalue weighted by Crippen LogP contribution is 2.35. The minimum Gasteiger partial charge on any atom is -0.399 e. The van der Waals surface area contributed by atoms with Crippen molar-refractivity contribution in [1.82, 2.24) is 0 Å². The summed E-state index contributed by atoms with van der Waals surface area (Å²) in [6.45, 7) is 4.29. The quantitative estimate of drug-likeness (QED) is 0.601. The average molecular weight is 216 g/mol. The average Bonchev–Trinajstić information content (AvgIpc) is 2.02. The smallest absolute Gasteiger partial charge is 0.0565 e. The molecule has 3 heteroatoms. The predicted molar refractivity (Wildman–Crippen MR) is 61.7 cm³/mol. The summed E-state index contributed by atoms with van der Waals surface area (Å²) in [5.41, 5.74) is 7.70. The van der Waals surface area contributed by atoms with Gasteiger partial charge in [0.2, 0.25) is 0 Å². The lowest BCUT2D eigenvalue weighted by Gasteiger charge is -2.13. The summed E-state index contributed by atoms with van der Waals surface area (Å²) in [6.07, 6.45) is 2.03. The Morgan fingerprint density at radius 1 is 1.38 bits per heavy atom. The van der Waals surface area contributed by atoms with Crippen LogP contribution in [0.5, 0.6) is 0 Å². The zero-order valence-corrected chi connectivity index (χ0v) is 9.67. The summed E-state index contributed by atoms with van der Waals surface area (Å²) in [5, 5.41) is 0.760. The van der Waals surface area contributed by atoms with Crippen LogP contribution in [-0.2, 0) is 0 Å². The van der Waals surface area contributed by atoms with Gasteiger partial charge in [-0.15, -0.1) is 11.8 Å². The van der Waals surface area contributed by atoms with Crippen molar-refractivity contribution in [2.45, 2.75) is 24.7 Å². The highest BCUT2D eigenvalue weighted by molar-refractivity contribution is 7.98. The van der Waals surface area contributed by atoms with Crippen molar-refractivity contribution in [3.63, 3.8) is 0 Å².